The first-order valence-electron chi connectivity index (χ1n) is 4.94. The Bertz CT molecular complexity index is 359. The highest BCUT2D eigenvalue weighted by Gasteiger charge is 2.13. The van der Waals surface area contributed by atoms with Crippen molar-refractivity contribution in [2.24, 2.45) is 5.92 Å². The van der Waals surface area contributed by atoms with Gasteiger partial charge in [-0.3, -0.25) is 0 Å². The average molecular weight is 210 g/mol. The summed E-state index contributed by atoms with van der Waals surface area (Å²) in [6, 6.07) is 4.40. The van der Waals surface area contributed by atoms with Gasteiger partial charge in [-0.15, -0.1) is 0 Å². The quantitative estimate of drug-likeness (QED) is 0.717. The van der Waals surface area contributed by atoms with Gasteiger partial charge in [-0.2, -0.15) is 0 Å². The molecule has 15 heavy (non-hydrogen) atoms. The molecule has 0 N–H and O–H groups in total. The molecule has 0 aliphatic heterocycles. The number of benzene rings is 1. The minimum absolute atomic E-state index is 0.00986. The zero-order chi connectivity index (χ0) is 11.4. The summed E-state index contributed by atoms with van der Waals surface area (Å²) in [5.41, 5.74) is 0.851. The highest BCUT2D eigenvalue weighted by Crippen LogP contribution is 2.11. The van der Waals surface area contributed by atoms with E-state index < -0.39 is 11.8 Å². The van der Waals surface area contributed by atoms with E-state index in [-0.39, 0.29) is 11.5 Å². The second kappa shape index (κ2) is 4.91. The summed E-state index contributed by atoms with van der Waals surface area (Å²) < 4.78 is 18.2. The maximum absolute atomic E-state index is 13.2. The van der Waals surface area contributed by atoms with Crippen LogP contribution in [0.1, 0.15) is 29.8 Å². The summed E-state index contributed by atoms with van der Waals surface area (Å²) in [4.78, 5) is 11.5. The molecule has 82 valence electrons. The predicted octanol–water partition coefficient (Wildman–Crippen LogP) is 2.95. The van der Waals surface area contributed by atoms with Crippen molar-refractivity contribution >= 4 is 5.97 Å². The zero-order valence-electron chi connectivity index (χ0n) is 9.21. The Balaban J connectivity index is 2.77. The normalized spacial score (nSPS) is 10.5. The van der Waals surface area contributed by atoms with Crippen molar-refractivity contribution in [1.82, 2.24) is 0 Å². The lowest BCUT2D eigenvalue weighted by Gasteiger charge is -2.08. The molecule has 0 atom stereocenters. The Kier molecular flexibility index (Phi) is 3.83. The van der Waals surface area contributed by atoms with Crippen LogP contribution in [0, 0.1) is 18.7 Å². The van der Waals surface area contributed by atoms with Gasteiger partial charge in [-0.25, -0.2) is 9.18 Å². The molecule has 0 saturated heterocycles. The van der Waals surface area contributed by atoms with Crippen LogP contribution in [0.5, 0.6) is 0 Å². The molecule has 3 heteroatoms. The van der Waals surface area contributed by atoms with Gasteiger partial charge in [-0.1, -0.05) is 25.5 Å². The van der Waals surface area contributed by atoms with Gasteiger partial charge in [0.15, 0.2) is 0 Å². The third-order valence-corrected chi connectivity index (χ3v) is 1.89. The molecule has 0 spiro atoms. The fourth-order valence-electron chi connectivity index (χ4n) is 1.12. The third kappa shape index (κ3) is 3.35. The van der Waals surface area contributed by atoms with Crippen molar-refractivity contribution in [3.8, 4) is 0 Å². The lowest BCUT2D eigenvalue weighted by atomic mass is 10.1. The first-order chi connectivity index (χ1) is 7.00. The number of carbonyl (C=O) groups is 1. The fourth-order valence-corrected chi connectivity index (χ4v) is 1.12. The highest BCUT2D eigenvalue weighted by molar-refractivity contribution is 5.89. The molecule has 0 fully saturated rings. The summed E-state index contributed by atoms with van der Waals surface area (Å²) in [5, 5.41) is 0. The van der Waals surface area contributed by atoms with Gasteiger partial charge >= 0.3 is 5.97 Å². The molecule has 1 aromatic rings. The number of esters is 1. The molecular formula is C12H15FO2. The van der Waals surface area contributed by atoms with Crippen molar-refractivity contribution in [1.29, 1.82) is 0 Å². The van der Waals surface area contributed by atoms with Gasteiger partial charge in [0, 0.05) is 0 Å². The number of rotatable bonds is 3. The highest BCUT2D eigenvalue weighted by atomic mass is 19.1. The van der Waals surface area contributed by atoms with E-state index in [1.807, 2.05) is 13.8 Å². The van der Waals surface area contributed by atoms with E-state index in [2.05, 4.69) is 0 Å². The number of hydrogen-bond donors (Lipinski definition) is 0. The molecule has 0 aromatic heterocycles. The van der Waals surface area contributed by atoms with Crippen LogP contribution in [-0.4, -0.2) is 12.6 Å². The predicted molar refractivity (Wildman–Crippen MR) is 56.3 cm³/mol. The van der Waals surface area contributed by atoms with Gasteiger partial charge < -0.3 is 4.74 Å². The number of ether oxygens (including phenoxy) is 1. The number of aryl methyl sites for hydroxylation is 1. The molecule has 0 aliphatic carbocycles. The van der Waals surface area contributed by atoms with Crippen molar-refractivity contribution in [2.75, 3.05) is 6.61 Å². The van der Waals surface area contributed by atoms with E-state index in [4.69, 9.17) is 4.74 Å². The summed E-state index contributed by atoms with van der Waals surface area (Å²) in [7, 11) is 0. The van der Waals surface area contributed by atoms with E-state index >= 15 is 0 Å². The molecular weight excluding hydrogens is 195 g/mol. The van der Waals surface area contributed by atoms with E-state index in [1.54, 1.807) is 13.0 Å². The molecule has 0 aliphatic rings. The number of hydrogen-bond acceptors (Lipinski definition) is 2. The molecule has 0 bridgehead atoms. The van der Waals surface area contributed by atoms with E-state index in [0.29, 0.717) is 6.61 Å². The standard InChI is InChI=1S/C12H15FO2/c1-8(2)7-15-12(14)10-6-9(3)4-5-11(10)13/h4-6,8H,7H2,1-3H3. The molecule has 0 radical (unpaired) electrons. The van der Waals surface area contributed by atoms with Gasteiger partial charge in [0.1, 0.15) is 5.82 Å². The zero-order valence-corrected chi connectivity index (χ0v) is 9.21. The SMILES string of the molecule is Cc1ccc(F)c(C(=O)OCC(C)C)c1. The summed E-state index contributed by atoms with van der Waals surface area (Å²) in [6.45, 7) is 5.98. The van der Waals surface area contributed by atoms with Gasteiger partial charge in [0.2, 0.25) is 0 Å². The minimum atomic E-state index is -0.593. The van der Waals surface area contributed by atoms with E-state index in [9.17, 15) is 9.18 Å². The molecule has 0 saturated carbocycles. The lowest BCUT2D eigenvalue weighted by Crippen LogP contribution is -2.11. The van der Waals surface area contributed by atoms with Gasteiger partial charge in [0.05, 0.1) is 12.2 Å². The van der Waals surface area contributed by atoms with Crippen LogP contribution in [0.2, 0.25) is 0 Å². The van der Waals surface area contributed by atoms with E-state index in [1.165, 1.54) is 12.1 Å². The maximum Gasteiger partial charge on any atom is 0.341 e. The smallest absolute Gasteiger partial charge is 0.341 e. The Morgan fingerprint density at radius 2 is 2.13 bits per heavy atom. The first-order valence-corrected chi connectivity index (χ1v) is 4.94. The van der Waals surface area contributed by atoms with Crippen LogP contribution >= 0.6 is 0 Å². The topological polar surface area (TPSA) is 26.3 Å². The van der Waals surface area contributed by atoms with Crippen molar-refractivity contribution in [3.05, 3.63) is 35.1 Å². The Morgan fingerprint density at radius 3 is 2.73 bits per heavy atom. The Labute approximate surface area is 89.1 Å². The Morgan fingerprint density at radius 1 is 1.47 bits per heavy atom. The lowest BCUT2D eigenvalue weighted by molar-refractivity contribution is 0.0453. The largest absolute Gasteiger partial charge is 0.462 e. The molecule has 1 aromatic carbocycles. The number of carbonyl (C=O) groups excluding carboxylic acids is 1. The van der Waals surface area contributed by atoms with Crippen LogP contribution in [0.3, 0.4) is 0 Å². The number of halogens is 1. The molecule has 1 rings (SSSR count). The maximum atomic E-state index is 13.2. The van der Waals surface area contributed by atoms with Gasteiger partial charge in [-0.05, 0) is 25.0 Å². The second-order valence-electron chi connectivity index (χ2n) is 3.98. The molecule has 0 unspecified atom stereocenters. The van der Waals surface area contributed by atoms with Crippen molar-refractivity contribution in [3.63, 3.8) is 0 Å². The molecule has 0 heterocycles. The molecule has 0 amide bonds. The summed E-state index contributed by atoms with van der Waals surface area (Å²) in [5.74, 6) is -0.874. The Hall–Kier alpha value is -1.38. The van der Waals surface area contributed by atoms with Crippen LogP contribution in [-0.2, 0) is 4.74 Å². The van der Waals surface area contributed by atoms with Crippen molar-refractivity contribution < 1.29 is 13.9 Å². The monoisotopic (exact) mass is 210 g/mol. The van der Waals surface area contributed by atoms with Gasteiger partial charge in [0.25, 0.3) is 0 Å². The van der Waals surface area contributed by atoms with Crippen LogP contribution in [0.4, 0.5) is 4.39 Å². The van der Waals surface area contributed by atoms with E-state index in [0.717, 1.165) is 5.56 Å². The third-order valence-electron chi connectivity index (χ3n) is 1.89. The summed E-state index contributed by atoms with van der Waals surface area (Å²) in [6.07, 6.45) is 0. The average Bonchev–Trinajstić information content (AvgIpc) is 2.18. The first kappa shape index (κ1) is 11.7. The molecule has 2 nitrogen and oxygen atoms in total. The minimum Gasteiger partial charge on any atom is -0.462 e. The summed E-state index contributed by atoms with van der Waals surface area (Å²) >= 11 is 0. The second-order valence-corrected chi connectivity index (χ2v) is 3.98. The van der Waals surface area contributed by atoms with Crippen LogP contribution < -0.4 is 0 Å². The van der Waals surface area contributed by atoms with Crippen LogP contribution in [0.25, 0.3) is 0 Å². The van der Waals surface area contributed by atoms with Crippen molar-refractivity contribution in [2.45, 2.75) is 20.8 Å². The fraction of sp³-hybridized carbons (Fsp3) is 0.417. The van der Waals surface area contributed by atoms with Crippen LogP contribution in [0.15, 0.2) is 18.2 Å².